The fourth-order valence-corrected chi connectivity index (χ4v) is 2.90. The van der Waals surface area contributed by atoms with Gasteiger partial charge in [-0.1, -0.05) is 0 Å². The maximum Gasteiger partial charge on any atom is 0.332 e. The van der Waals surface area contributed by atoms with E-state index in [9.17, 15) is 18.8 Å². The van der Waals surface area contributed by atoms with E-state index in [4.69, 9.17) is 4.42 Å². The zero-order chi connectivity index (χ0) is 19.0. The number of carbonyl (C=O) groups is 1. The number of hydrogen-bond donors (Lipinski definition) is 1. The standard InChI is InChI=1S/C17H13FIN3O4/c1-21-15(20-11-6-5-9(19)8-10(11)18)13(16(24)22(2)17(21)25)14(23)12-4-3-7-26-12/h3-8,20H,1-2H3. The second kappa shape index (κ2) is 6.90. The van der Waals surface area contributed by atoms with Crippen LogP contribution in [-0.4, -0.2) is 14.9 Å². The summed E-state index contributed by atoms with van der Waals surface area (Å²) in [4.78, 5) is 37.6. The Hall–Kier alpha value is -2.69. The van der Waals surface area contributed by atoms with Crippen LogP contribution in [0.25, 0.3) is 0 Å². The number of rotatable bonds is 4. The van der Waals surface area contributed by atoms with Crippen molar-refractivity contribution in [3.63, 3.8) is 0 Å². The predicted molar refractivity (Wildman–Crippen MR) is 101 cm³/mol. The highest BCUT2D eigenvalue weighted by Crippen LogP contribution is 2.23. The van der Waals surface area contributed by atoms with Crippen molar-refractivity contribution in [1.82, 2.24) is 9.13 Å². The SMILES string of the molecule is Cn1c(Nc2ccc(I)cc2F)c(C(=O)c2ccco2)c(=O)n(C)c1=O. The van der Waals surface area contributed by atoms with E-state index >= 15 is 0 Å². The molecule has 0 aliphatic rings. The molecule has 1 N–H and O–H groups in total. The number of carbonyl (C=O) groups excluding carboxylic acids is 1. The Morgan fingerprint density at radius 3 is 2.54 bits per heavy atom. The van der Waals surface area contributed by atoms with Crippen LogP contribution in [0.2, 0.25) is 0 Å². The van der Waals surface area contributed by atoms with Crippen LogP contribution in [0.3, 0.4) is 0 Å². The van der Waals surface area contributed by atoms with Crippen LogP contribution in [0.15, 0.2) is 50.6 Å². The molecule has 0 bridgehead atoms. The molecule has 7 nitrogen and oxygen atoms in total. The van der Waals surface area contributed by atoms with E-state index in [2.05, 4.69) is 5.32 Å². The molecule has 3 rings (SSSR count). The molecule has 0 aliphatic carbocycles. The van der Waals surface area contributed by atoms with Gasteiger partial charge < -0.3 is 9.73 Å². The maximum absolute atomic E-state index is 14.2. The highest BCUT2D eigenvalue weighted by atomic mass is 127. The predicted octanol–water partition coefficient (Wildman–Crippen LogP) is 2.40. The van der Waals surface area contributed by atoms with Gasteiger partial charge in [0.05, 0.1) is 12.0 Å². The molecule has 134 valence electrons. The molecule has 0 aliphatic heterocycles. The molecule has 2 aromatic heterocycles. The van der Waals surface area contributed by atoms with Gasteiger partial charge in [0.15, 0.2) is 5.76 Å². The maximum atomic E-state index is 14.2. The smallest absolute Gasteiger partial charge is 0.332 e. The number of halogens is 2. The zero-order valence-electron chi connectivity index (χ0n) is 13.7. The third-order valence-electron chi connectivity index (χ3n) is 3.82. The molecular formula is C17H13FIN3O4. The van der Waals surface area contributed by atoms with Crippen molar-refractivity contribution >= 4 is 39.9 Å². The van der Waals surface area contributed by atoms with Crippen molar-refractivity contribution in [1.29, 1.82) is 0 Å². The first kappa shape index (κ1) is 18.1. The Kier molecular flexibility index (Phi) is 4.81. The fraction of sp³-hybridized carbons (Fsp3) is 0.118. The van der Waals surface area contributed by atoms with Crippen LogP contribution in [0, 0.1) is 9.39 Å². The van der Waals surface area contributed by atoms with Crippen LogP contribution in [-0.2, 0) is 14.1 Å². The molecule has 0 amide bonds. The zero-order valence-corrected chi connectivity index (χ0v) is 15.9. The van der Waals surface area contributed by atoms with Gasteiger partial charge in [-0.05, 0) is 52.9 Å². The van der Waals surface area contributed by atoms with Crippen LogP contribution in [0.1, 0.15) is 16.1 Å². The minimum Gasteiger partial charge on any atom is -0.461 e. The van der Waals surface area contributed by atoms with Crippen LogP contribution in [0.5, 0.6) is 0 Å². The van der Waals surface area contributed by atoms with E-state index in [0.29, 0.717) is 3.57 Å². The average Bonchev–Trinajstić information content (AvgIpc) is 3.14. The molecule has 9 heteroatoms. The summed E-state index contributed by atoms with van der Waals surface area (Å²) in [5.74, 6) is -1.47. The van der Waals surface area contributed by atoms with Gasteiger partial charge in [-0.2, -0.15) is 0 Å². The summed E-state index contributed by atoms with van der Waals surface area (Å²) in [6.07, 6.45) is 1.30. The second-order valence-corrected chi connectivity index (χ2v) is 6.73. The van der Waals surface area contributed by atoms with Crippen molar-refractivity contribution in [3.05, 3.63) is 78.1 Å². The van der Waals surface area contributed by atoms with E-state index in [1.165, 1.54) is 44.6 Å². The van der Waals surface area contributed by atoms with Crippen molar-refractivity contribution < 1.29 is 13.6 Å². The van der Waals surface area contributed by atoms with Crippen LogP contribution < -0.4 is 16.6 Å². The largest absolute Gasteiger partial charge is 0.461 e. The summed E-state index contributed by atoms with van der Waals surface area (Å²) < 4.78 is 21.9. The van der Waals surface area contributed by atoms with Crippen molar-refractivity contribution in [2.45, 2.75) is 0 Å². The Morgan fingerprint density at radius 2 is 1.92 bits per heavy atom. The van der Waals surface area contributed by atoms with Gasteiger partial charge >= 0.3 is 5.69 Å². The minimum atomic E-state index is -0.803. The second-order valence-electron chi connectivity index (χ2n) is 5.48. The molecule has 2 heterocycles. The van der Waals surface area contributed by atoms with E-state index in [-0.39, 0.29) is 22.8 Å². The Bertz CT molecular complexity index is 1120. The highest BCUT2D eigenvalue weighted by Gasteiger charge is 2.25. The first-order chi connectivity index (χ1) is 12.3. The van der Waals surface area contributed by atoms with E-state index < -0.39 is 22.8 Å². The molecule has 0 atom stereocenters. The molecule has 1 aromatic carbocycles. The lowest BCUT2D eigenvalue weighted by atomic mass is 10.1. The fourth-order valence-electron chi connectivity index (χ4n) is 2.44. The number of benzene rings is 1. The number of aromatic nitrogens is 2. The van der Waals surface area contributed by atoms with Crippen LogP contribution >= 0.6 is 22.6 Å². The number of furan rings is 1. The summed E-state index contributed by atoms with van der Waals surface area (Å²) in [6, 6.07) is 7.31. The van der Waals surface area contributed by atoms with E-state index in [1.807, 2.05) is 22.6 Å². The van der Waals surface area contributed by atoms with Crippen LogP contribution in [0.4, 0.5) is 15.9 Å². The third-order valence-corrected chi connectivity index (χ3v) is 4.49. The molecule has 0 spiro atoms. The molecule has 0 radical (unpaired) electrons. The highest BCUT2D eigenvalue weighted by molar-refractivity contribution is 14.1. The first-order valence-corrected chi connectivity index (χ1v) is 8.49. The van der Waals surface area contributed by atoms with E-state index in [0.717, 1.165) is 9.13 Å². The number of nitrogens with one attached hydrogen (secondary N) is 1. The first-order valence-electron chi connectivity index (χ1n) is 7.41. The summed E-state index contributed by atoms with van der Waals surface area (Å²) in [5, 5.41) is 2.70. The molecular weight excluding hydrogens is 456 g/mol. The molecule has 0 unspecified atom stereocenters. The van der Waals surface area contributed by atoms with Gasteiger partial charge in [0, 0.05) is 17.7 Å². The Morgan fingerprint density at radius 1 is 1.19 bits per heavy atom. The number of hydrogen-bond acceptors (Lipinski definition) is 5. The molecule has 0 saturated carbocycles. The lowest BCUT2D eigenvalue weighted by Gasteiger charge is -2.16. The lowest BCUT2D eigenvalue weighted by Crippen LogP contribution is -2.41. The summed E-state index contributed by atoms with van der Waals surface area (Å²) >= 11 is 1.96. The summed E-state index contributed by atoms with van der Waals surface area (Å²) in [5.41, 5.74) is -1.74. The monoisotopic (exact) mass is 469 g/mol. The molecule has 0 saturated heterocycles. The van der Waals surface area contributed by atoms with Gasteiger partial charge in [0.25, 0.3) is 5.56 Å². The lowest BCUT2D eigenvalue weighted by molar-refractivity contribution is 0.101. The number of nitrogens with zero attached hydrogens (tertiary/aromatic N) is 2. The average molecular weight is 469 g/mol. The summed E-state index contributed by atoms with van der Waals surface area (Å²) in [7, 11) is 2.65. The Labute approximate surface area is 160 Å². The van der Waals surface area contributed by atoms with Crippen molar-refractivity contribution in [3.8, 4) is 0 Å². The minimum absolute atomic E-state index is 0.0298. The number of ketones is 1. The molecule has 3 aromatic rings. The van der Waals surface area contributed by atoms with Gasteiger partial charge in [0.1, 0.15) is 17.2 Å². The van der Waals surface area contributed by atoms with Crippen molar-refractivity contribution in [2.75, 3.05) is 5.32 Å². The van der Waals surface area contributed by atoms with Gasteiger partial charge in [-0.25, -0.2) is 9.18 Å². The molecule has 0 fully saturated rings. The number of anilines is 2. The van der Waals surface area contributed by atoms with Crippen molar-refractivity contribution in [2.24, 2.45) is 14.1 Å². The Balaban J connectivity index is 2.25. The summed E-state index contributed by atoms with van der Waals surface area (Å²) in [6.45, 7) is 0. The topological polar surface area (TPSA) is 86.2 Å². The van der Waals surface area contributed by atoms with Gasteiger partial charge in [-0.15, -0.1) is 0 Å². The molecule has 26 heavy (non-hydrogen) atoms. The van der Waals surface area contributed by atoms with Gasteiger partial charge in [-0.3, -0.25) is 18.7 Å². The normalized spacial score (nSPS) is 10.8. The quantitative estimate of drug-likeness (QED) is 0.469. The van der Waals surface area contributed by atoms with E-state index in [1.54, 1.807) is 6.07 Å². The van der Waals surface area contributed by atoms with Gasteiger partial charge in [0.2, 0.25) is 5.78 Å². The third kappa shape index (κ3) is 3.09.